The summed E-state index contributed by atoms with van der Waals surface area (Å²) in [5.41, 5.74) is 1.03. The van der Waals surface area contributed by atoms with Gasteiger partial charge in [-0.15, -0.1) is 0 Å². The standard InChI is InChI=1S/C13H16FNO/c1-15-13(12-4-2-3-9-16-12)10-5-7-11(14)8-6-10/h4-8,13,15H,2-3,9H2,1H3. The molecular formula is C13H16FNO. The van der Waals surface area contributed by atoms with Crippen LogP contribution < -0.4 is 5.32 Å². The normalized spacial score (nSPS) is 17.5. The van der Waals surface area contributed by atoms with Crippen LogP contribution in [0.15, 0.2) is 36.1 Å². The van der Waals surface area contributed by atoms with Crippen molar-refractivity contribution in [3.05, 3.63) is 47.5 Å². The van der Waals surface area contributed by atoms with Crippen LogP contribution in [0.2, 0.25) is 0 Å². The molecule has 0 aliphatic carbocycles. The average Bonchev–Trinajstić information content (AvgIpc) is 2.34. The largest absolute Gasteiger partial charge is 0.496 e. The van der Waals surface area contributed by atoms with E-state index in [1.54, 1.807) is 12.1 Å². The van der Waals surface area contributed by atoms with Crippen LogP contribution in [0.5, 0.6) is 0 Å². The zero-order chi connectivity index (χ0) is 11.4. The van der Waals surface area contributed by atoms with Gasteiger partial charge in [-0.3, -0.25) is 0 Å². The van der Waals surface area contributed by atoms with Crippen LogP contribution in [0.3, 0.4) is 0 Å². The highest BCUT2D eigenvalue weighted by Crippen LogP contribution is 2.25. The lowest BCUT2D eigenvalue weighted by Crippen LogP contribution is -2.22. The van der Waals surface area contributed by atoms with Crippen molar-refractivity contribution in [2.24, 2.45) is 0 Å². The minimum atomic E-state index is -0.211. The van der Waals surface area contributed by atoms with Gasteiger partial charge >= 0.3 is 0 Å². The summed E-state index contributed by atoms with van der Waals surface area (Å²) < 4.78 is 18.5. The molecule has 0 amide bonds. The molecule has 0 saturated carbocycles. The van der Waals surface area contributed by atoms with E-state index in [0.717, 1.165) is 30.8 Å². The fourth-order valence-corrected chi connectivity index (χ4v) is 1.91. The first kappa shape index (κ1) is 11.1. The molecule has 0 aromatic heterocycles. The Bertz CT molecular complexity index is 372. The lowest BCUT2D eigenvalue weighted by Gasteiger charge is -2.23. The summed E-state index contributed by atoms with van der Waals surface area (Å²) in [6.07, 6.45) is 4.23. The van der Waals surface area contributed by atoms with Gasteiger partial charge < -0.3 is 10.1 Å². The number of likely N-dealkylation sites (N-methyl/N-ethyl adjacent to an activating group) is 1. The summed E-state index contributed by atoms with van der Waals surface area (Å²) in [7, 11) is 1.88. The Labute approximate surface area is 95.1 Å². The second-order valence-corrected chi connectivity index (χ2v) is 3.87. The first-order valence-electron chi connectivity index (χ1n) is 5.57. The third-order valence-corrected chi connectivity index (χ3v) is 2.74. The molecule has 0 saturated heterocycles. The van der Waals surface area contributed by atoms with Gasteiger partial charge in [-0.05, 0) is 43.7 Å². The molecule has 0 fully saturated rings. The molecule has 2 nitrogen and oxygen atoms in total. The lowest BCUT2D eigenvalue weighted by atomic mass is 10.0. The van der Waals surface area contributed by atoms with E-state index in [4.69, 9.17) is 4.74 Å². The molecule has 1 aliphatic rings. The van der Waals surface area contributed by atoms with Gasteiger partial charge in [0.25, 0.3) is 0 Å². The molecule has 2 rings (SSSR count). The van der Waals surface area contributed by atoms with Crippen LogP contribution in [-0.4, -0.2) is 13.7 Å². The first-order chi connectivity index (χ1) is 7.81. The van der Waals surface area contributed by atoms with Crippen LogP contribution in [-0.2, 0) is 4.74 Å². The van der Waals surface area contributed by atoms with Gasteiger partial charge in [0.15, 0.2) is 0 Å². The summed E-state index contributed by atoms with van der Waals surface area (Å²) in [5, 5.41) is 3.19. The SMILES string of the molecule is CNC(C1=CCCCO1)c1ccc(F)cc1. The summed E-state index contributed by atoms with van der Waals surface area (Å²) in [4.78, 5) is 0. The molecule has 1 atom stereocenters. The molecule has 1 N–H and O–H groups in total. The highest BCUT2D eigenvalue weighted by molar-refractivity contribution is 5.26. The minimum absolute atomic E-state index is 0.0286. The van der Waals surface area contributed by atoms with Gasteiger partial charge in [0, 0.05) is 0 Å². The van der Waals surface area contributed by atoms with Crippen LogP contribution in [0.25, 0.3) is 0 Å². The number of halogens is 1. The van der Waals surface area contributed by atoms with Gasteiger partial charge in [0.05, 0.1) is 12.6 Å². The predicted octanol–water partition coefficient (Wildman–Crippen LogP) is 2.78. The van der Waals surface area contributed by atoms with Crippen molar-refractivity contribution in [2.75, 3.05) is 13.7 Å². The maximum atomic E-state index is 12.8. The van der Waals surface area contributed by atoms with E-state index in [-0.39, 0.29) is 11.9 Å². The molecule has 1 aliphatic heterocycles. The number of allylic oxidation sites excluding steroid dienone is 1. The molecule has 1 heterocycles. The molecule has 1 aromatic rings. The quantitative estimate of drug-likeness (QED) is 0.847. The van der Waals surface area contributed by atoms with Crippen LogP contribution in [0.4, 0.5) is 4.39 Å². The van der Waals surface area contributed by atoms with Gasteiger partial charge in [0.2, 0.25) is 0 Å². The molecule has 86 valence electrons. The highest BCUT2D eigenvalue weighted by Gasteiger charge is 2.17. The van der Waals surface area contributed by atoms with E-state index in [1.165, 1.54) is 12.1 Å². The number of ether oxygens (including phenoxy) is 1. The summed E-state index contributed by atoms with van der Waals surface area (Å²) >= 11 is 0. The van der Waals surface area contributed by atoms with Crippen molar-refractivity contribution in [2.45, 2.75) is 18.9 Å². The number of hydrogen-bond acceptors (Lipinski definition) is 2. The Morgan fingerprint density at radius 3 is 2.62 bits per heavy atom. The van der Waals surface area contributed by atoms with Crippen LogP contribution in [0.1, 0.15) is 24.4 Å². The average molecular weight is 221 g/mol. The van der Waals surface area contributed by atoms with Crippen molar-refractivity contribution >= 4 is 0 Å². The molecular weight excluding hydrogens is 205 g/mol. The highest BCUT2D eigenvalue weighted by atomic mass is 19.1. The Hall–Kier alpha value is -1.35. The van der Waals surface area contributed by atoms with Gasteiger partial charge in [-0.2, -0.15) is 0 Å². The molecule has 0 radical (unpaired) electrons. The number of nitrogens with one attached hydrogen (secondary N) is 1. The van der Waals surface area contributed by atoms with E-state index in [9.17, 15) is 4.39 Å². The summed E-state index contributed by atoms with van der Waals surface area (Å²) in [5.74, 6) is 0.734. The monoisotopic (exact) mass is 221 g/mol. The summed E-state index contributed by atoms with van der Waals surface area (Å²) in [6, 6.07) is 6.55. The Balaban J connectivity index is 2.21. The van der Waals surface area contributed by atoms with Crippen molar-refractivity contribution in [1.29, 1.82) is 0 Å². The molecule has 1 aromatic carbocycles. The minimum Gasteiger partial charge on any atom is -0.496 e. The van der Waals surface area contributed by atoms with Crippen molar-refractivity contribution in [1.82, 2.24) is 5.32 Å². The smallest absolute Gasteiger partial charge is 0.123 e. The zero-order valence-electron chi connectivity index (χ0n) is 9.37. The topological polar surface area (TPSA) is 21.3 Å². The van der Waals surface area contributed by atoms with E-state index >= 15 is 0 Å². The van der Waals surface area contributed by atoms with Gasteiger partial charge in [-0.1, -0.05) is 12.1 Å². The van der Waals surface area contributed by atoms with Crippen molar-refractivity contribution < 1.29 is 9.13 Å². The van der Waals surface area contributed by atoms with E-state index in [2.05, 4.69) is 11.4 Å². The lowest BCUT2D eigenvalue weighted by molar-refractivity contribution is 0.169. The third-order valence-electron chi connectivity index (χ3n) is 2.74. The zero-order valence-corrected chi connectivity index (χ0v) is 9.37. The number of hydrogen-bond donors (Lipinski definition) is 1. The summed E-state index contributed by atoms with van der Waals surface area (Å²) in [6.45, 7) is 0.769. The molecule has 0 spiro atoms. The Kier molecular flexibility index (Phi) is 3.57. The molecule has 3 heteroatoms. The van der Waals surface area contributed by atoms with E-state index in [0.29, 0.717) is 0 Å². The Morgan fingerprint density at radius 2 is 2.06 bits per heavy atom. The van der Waals surface area contributed by atoms with E-state index in [1.807, 2.05) is 7.05 Å². The molecule has 1 unspecified atom stereocenters. The second kappa shape index (κ2) is 5.12. The fraction of sp³-hybridized carbons (Fsp3) is 0.385. The number of rotatable bonds is 3. The Morgan fingerprint density at radius 1 is 1.31 bits per heavy atom. The van der Waals surface area contributed by atoms with Crippen LogP contribution in [0, 0.1) is 5.82 Å². The maximum Gasteiger partial charge on any atom is 0.123 e. The first-order valence-corrected chi connectivity index (χ1v) is 5.57. The predicted molar refractivity (Wildman–Crippen MR) is 61.5 cm³/mol. The van der Waals surface area contributed by atoms with Crippen molar-refractivity contribution in [3.63, 3.8) is 0 Å². The maximum absolute atomic E-state index is 12.8. The van der Waals surface area contributed by atoms with Gasteiger partial charge in [-0.25, -0.2) is 4.39 Å². The second-order valence-electron chi connectivity index (χ2n) is 3.87. The molecule has 0 bridgehead atoms. The van der Waals surface area contributed by atoms with E-state index < -0.39 is 0 Å². The van der Waals surface area contributed by atoms with Gasteiger partial charge in [0.1, 0.15) is 11.6 Å². The van der Waals surface area contributed by atoms with Crippen LogP contribution >= 0.6 is 0 Å². The fourth-order valence-electron chi connectivity index (χ4n) is 1.91. The third kappa shape index (κ3) is 2.42. The number of benzene rings is 1. The van der Waals surface area contributed by atoms with Crippen molar-refractivity contribution in [3.8, 4) is 0 Å². The molecule has 16 heavy (non-hydrogen) atoms.